The summed E-state index contributed by atoms with van der Waals surface area (Å²) in [6, 6.07) is 2.32. The first-order valence-electron chi connectivity index (χ1n) is 4.98. The van der Waals surface area contributed by atoms with Gasteiger partial charge in [0.1, 0.15) is 5.78 Å². The standard InChI is InChI=1S/C11H12F3NOS/c1-7(16)5-8(2)17-10-4-3-9(6-15-10)11(12,13)14/h3-4,6,8H,5H2,1-2H3. The molecule has 0 fully saturated rings. The Balaban J connectivity index is 2.66. The average molecular weight is 263 g/mol. The molecule has 0 N–H and O–H groups in total. The van der Waals surface area contributed by atoms with Crippen molar-refractivity contribution in [3.8, 4) is 0 Å². The van der Waals surface area contributed by atoms with E-state index >= 15 is 0 Å². The van der Waals surface area contributed by atoms with Crippen molar-refractivity contribution >= 4 is 17.5 Å². The minimum atomic E-state index is -4.36. The maximum absolute atomic E-state index is 12.3. The maximum Gasteiger partial charge on any atom is 0.417 e. The van der Waals surface area contributed by atoms with E-state index in [1.165, 1.54) is 24.8 Å². The van der Waals surface area contributed by atoms with E-state index in [1.54, 1.807) is 0 Å². The Bertz CT molecular complexity index is 389. The highest BCUT2D eigenvalue weighted by Gasteiger charge is 2.30. The zero-order valence-corrected chi connectivity index (χ0v) is 10.2. The number of ketones is 1. The molecule has 17 heavy (non-hydrogen) atoms. The second kappa shape index (κ2) is 5.53. The Morgan fingerprint density at radius 2 is 2.12 bits per heavy atom. The summed E-state index contributed by atoms with van der Waals surface area (Å²) >= 11 is 1.29. The largest absolute Gasteiger partial charge is 0.417 e. The molecule has 0 radical (unpaired) electrons. The van der Waals surface area contributed by atoms with Gasteiger partial charge in [-0.3, -0.25) is 4.79 Å². The third-order valence-electron chi connectivity index (χ3n) is 1.96. The van der Waals surface area contributed by atoms with Gasteiger partial charge in [0.15, 0.2) is 0 Å². The van der Waals surface area contributed by atoms with Gasteiger partial charge in [-0.1, -0.05) is 6.92 Å². The van der Waals surface area contributed by atoms with E-state index < -0.39 is 11.7 Å². The third kappa shape index (κ3) is 4.77. The summed E-state index contributed by atoms with van der Waals surface area (Å²) in [5, 5.41) is 0.503. The van der Waals surface area contributed by atoms with Crippen LogP contribution in [0.1, 0.15) is 25.8 Å². The van der Waals surface area contributed by atoms with Crippen molar-refractivity contribution in [3.05, 3.63) is 23.9 Å². The predicted molar refractivity (Wildman–Crippen MR) is 59.9 cm³/mol. The number of halogens is 3. The number of carbonyl (C=O) groups is 1. The van der Waals surface area contributed by atoms with Crippen LogP contribution in [0.3, 0.4) is 0 Å². The Kier molecular flexibility index (Phi) is 4.56. The molecule has 0 saturated heterocycles. The SMILES string of the molecule is CC(=O)CC(C)Sc1ccc(C(F)(F)F)cn1. The monoisotopic (exact) mass is 263 g/mol. The fourth-order valence-electron chi connectivity index (χ4n) is 1.27. The van der Waals surface area contributed by atoms with E-state index in [4.69, 9.17) is 0 Å². The van der Waals surface area contributed by atoms with Gasteiger partial charge < -0.3 is 0 Å². The van der Waals surface area contributed by atoms with Crippen LogP contribution in [0.25, 0.3) is 0 Å². The van der Waals surface area contributed by atoms with Crippen molar-refractivity contribution in [1.82, 2.24) is 4.98 Å². The fraction of sp³-hybridized carbons (Fsp3) is 0.455. The molecule has 1 aromatic heterocycles. The molecule has 94 valence electrons. The van der Waals surface area contributed by atoms with Crippen LogP contribution in [0.4, 0.5) is 13.2 Å². The lowest BCUT2D eigenvalue weighted by Crippen LogP contribution is -2.06. The Morgan fingerprint density at radius 1 is 1.47 bits per heavy atom. The molecule has 0 aliphatic carbocycles. The van der Waals surface area contributed by atoms with Crippen molar-refractivity contribution in [1.29, 1.82) is 0 Å². The lowest BCUT2D eigenvalue weighted by Gasteiger charge is -2.09. The summed E-state index contributed by atoms with van der Waals surface area (Å²) in [5.74, 6) is 0.0527. The smallest absolute Gasteiger partial charge is 0.300 e. The molecule has 0 aliphatic heterocycles. The van der Waals surface area contributed by atoms with Crippen molar-refractivity contribution in [3.63, 3.8) is 0 Å². The number of hydrogen-bond acceptors (Lipinski definition) is 3. The van der Waals surface area contributed by atoms with Gasteiger partial charge in [0.2, 0.25) is 0 Å². The predicted octanol–water partition coefficient (Wildman–Crippen LogP) is 3.56. The van der Waals surface area contributed by atoms with E-state index in [2.05, 4.69) is 4.98 Å². The first-order chi connectivity index (χ1) is 7.79. The van der Waals surface area contributed by atoms with E-state index in [0.717, 1.165) is 12.3 Å². The minimum absolute atomic E-state index is 0.0109. The van der Waals surface area contributed by atoms with Crippen LogP contribution in [-0.2, 0) is 11.0 Å². The number of alkyl halides is 3. The Morgan fingerprint density at radius 3 is 2.53 bits per heavy atom. The molecule has 1 rings (SSSR count). The van der Waals surface area contributed by atoms with Gasteiger partial charge in [-0.25, -0.2) is 4.98 Å². The minimum Gasteiger partial charge on any atom is -0.300 e. The summed E-state index contributed by atoms with van der Waals surface area (Å²) < 4.78 is 36.8. The van der Waals surface area contributed by atoms with Crippen molar-refractivity contribution < 1.29 is 18.0 Å². The molecular weight excluding hydrogens is 251 g/mol. The summed E-state index contributed by atoms with van der Waals surface area (Å²) in [7, 11) is 0. The number of pyridine rings is 1. The number of aromatic nitrogens is 1. The number of hydrogen-bond donors (Lipinski definition) is 0. The van der Waals surface area contributed by atoms with Gasteiger partial charge in [0.05, 0.1) is 10.6 Å². The van der Waals surface area contributed by atoms with E-state index in [1.807, 2.05) is 6.92 Å². The molecule has 0 bridgehead atoms. The van der Waals surface area contributed by atoms with Crippen molar-refractivity contribution in [2.24, 2.45) is 0 Å². The van der Waals surface area contributed by atoms with Crippen LogP contribution in [0.15, 0.2) is 23.4 Å². The number of nitrogens with zero attached hydrogens (tertiary/aromatic N) is 1. The fourth-order valence-corrected chi connectivity index (χ4v) is 2.26. The molecule has 0 aliphatic rings. The van der Waals surface area contributed by atoms with Crippen LogP contribution in [0.2, 0.25) is 0 Å². The van der Waals surface area contributed by atoms with Gasteiger partial charge in [-0.2, -0.15) is 13.2 Å². The second-order valence-electron chi connectivity index (χ2n) is 3.72. The number of carbonyl (C=O) groups excluding carboxylic acids is 1. The highest BCUT2D eigenvalue weighted by atomic mass is 32.2. The summed E-state index contributed by atoms with van der Waals surface area (Å²) in [5.41, 5.74) is -0.763. The van der Waals surface area contributed by atoms with Crippen LogP contribution in [-0.4, -0.2) is 16.0 Å². The van der Waals surface area contributed by atoms with Gasteiger partial charge in [0.25, 0.3) is 0 Å². The Labute approximate surface area is 102 Å². The van der Waals surface area contributed by atoms with Crippen molar-refractivity contribution in [2.45, 2.75) is 36.7 Å². The molecule has 0 saturated carbocycles. The van der Waals surface area contributed by atoms with E-state index in [0.29, 0.717) is 11.4 Å². The van der Waals surface area contributed by atoms with Crippen LogP contribution in [0.5, 0.6) is 0 Å². The lowest BCUT2D eigenvalue weighted by atomic mass is 10.2. The Hall–Kier alpha value is -1.04. The van der Waals surface area contributed by atoms with Crippen LogP contribution in [0, 0.1) is 0 Å². The molecule has 1 atom stereocenters. The summed E-state index contributed by atoms with van der Waals surface area (Å²) in [6.07, 6.45) is -3.17. The first-order valence-corrected chi connectivity index (χ1v) is 5.86. The number of thioether (sulfide) groups is 1. The number of rotatable bonds is 4. The normalized spacial score (nSPS) is 13.5. The topological polar surface area (TPSA) is 30.0 Å². The van der Waals surface area contributed by atoms with Gasteiger partial charge in [-0.05, 0) is 19.1 Å². The molecule has 6 heteroatoms. The van der Waals surface area contributed by atoms with E-state index in [9.17, 15) is 18.0 Å². The van der Waals surface area contributed by atoms with E-state index in [-0.39, 0.29) is 11.0 Å². The summed E-state index contributed by atoms with van der Waals surface area (Å²) in [4.78, 5) is 14.6. The van der Waals surface area contributed by atoms with Crippen LogP contribution >= 0.6 is 11.8 Å². The van der Waals surface area contributed by atoms with Gasteiger partial charge in [-0.15, -0.1) is 11.8 Å². The highest BCUT2D eigenvalue weighted by Crippen LogP contribution is 2.30. The molecular formula is C11H12F3NOS. The summed E-state index contributed by atoms with van der Waals surface area (Å²) in [6.45, 7) is 3.32. The first kappa shape index (κ1) is 14.0. The molecule has 1 heterocycles. The molecule has 0 aromatic carbocycles. The molecule has 0 amide bonds. The zero-order valence-electron chi connectivity index (χ0n) is 9.41. The zero-order chi connectivity index (χ0) is 13.1. The lowest BCUT2D eigenvalue weighted by molar-refractivity contribution is -0.137. The average Bonchev–Trinajstić information content (AvgIpc) is 2.15. The molecule has 1 unspecified atom stereocenters. The number of Topliss-reactive ketones (excluding diaryl/α,β-unsaturated/α-hetero) is 1. The van der Waals surface area contributed by atoms with Crippen LogP contribution < -0.4 is 0 Å². The van der Waals surface area contributed by atoms with Gasteiger partial charge >= 0.3 is 6.18 Å². The molecule has 1 aromatic rings. The molecule has 2 nitrogen and oxygen atoms in total. The highest BCUT2D eigenvalue weighted by molar-refractivity contribution is 7.99. The maximum atomic E-state index is 12.3. The van der Waals surface area contributed by atoms with Gasteiger partial charge in [0, 0.05) is 17.9 Å². The molecule has 0 spiro atoms. The second-order valence-corrected chi connectivity index (χ2v) is 5.18. The quantitative estimate of drug-likeness (QED) is 0.778. The van der Waals surface area contributed by atoms with Crippen molar-refractivity contribution in [2.75, 3.05) is 0 Å². The third-order valence-corrected chi connectivity index (χ3v) is 3.01.